The number of aliphatic hydroxyl groups excluding tert-OH is 1. The van der Waals surface area contributed by atoms with E-state index >= 15 is 0 Å². The van der Waals surface area contributed by atoms with Crippen molar-refractivity contribution in [3.63, 3.8) is 0 Å². The fourth-order valence-electron chi connectivity index (χ4n) is 1.96. The molecule has 1 aromatic heterocycles. The van der Waals surface area contributed by atoms with E-state index in [0.29, 0.717) is 0 Å². The Bertz CT molecular complexity index is 340. The van der Waals surface area contributed by atoms with Gasteiger partial charge in [0.2, 0.25) is 5.95 Å². The lowest BCUT2D eigenvalue weighted by Crippen LogP contribution is -2.54. The molecule has 1 aliphatic rings. The van der Waals surface area contributed by atoms with Gasteiger partial charge in [-0.05, 0) is 19.5 Å². The average molecular weight is 222 g/mol. The lowest BCUT2D eigenvalue weighted by molar-refractivity contribution is 0.189. The zero-order valence-corrected chi connectivity index (χ0v) is 9.80. The quantitative estimate of drug-likeness (QED) is 0.757. The molecule has 1 N–H and O–H groups in total. The predicted octanol–water partition coefficient (Wildman–Crippen LogP) is -0.102. The van der Waals surface area contributed by atoms with Crippen LogP contribution in [0.25, 0.3) is 0 Å². The van der Waals surface area contributed by atoms with Crippen LogP contribution in [0.1, 0.15) is 5.56 Å². The van der Waals surface area contributed by atoms with E-state index in [9.17, 15) is 5.11 Å². The van der Waals surface area contributed by atoms with E-state index in [2.05, 4.69) is 26.8 Å². The van der Waals surface area contributed by atoms with Gasteiger partial charge in [0, 0.05) is 32.0 Å². The van der Waals surface area contributed by atoms with Crippen molar-refractivity contribution in [1.82, 2.24) is 14.9 Å². The molecule has 2 heterocycles. The van der Waals surface area contributed by atoms with Crippen molar-refractivity contribution in [1.29, 1.82) is 0 Å². The van der Waals surface area contributed by atoms with Crippen molar-refractivity contribution in [3.8, 4) is 0 Å². The second-order valence-corrected chi connectivity index (χ2v) is 4.35. The van der Waals surface area contributed by atoms with Crippen molar-refractivity contribution >= 4 is 5.95 Å². The van der Waals surface area contributed by atoms with Crippen LogP contribution in [0.3, 0.4) is 0 Å². The molecular weight excluding hydrogens is 204 g/mol. The van der Waals surface area contributed by atoms with Crippen LogP contribution in [0.5, 0.6) is 0 Å². The highest BCUT2D eigenvalue weighted by Gasteiger charge is 2.26. The summed E-state index contributed by atoms with van der Waals surface area (Å²) in [6.07, 6.45) is 3.63. The first-order chi connectivity index (χ1) is 7.70. The fourth-order valence-corrected chi connectivity index (χ4v) is 1.96. The van der Waals surface area contributed by atoms with E-state index < -0.39 is 0 Å². The largest absolute Gasteiger partial charge is 0.394 e. The molecule has 2 rings (SSSR count). The van der Waals surface area contributed by atoms with Gasteiger partial charge >= 0.3 is 0 Å². The van der Waals surface area contributed by atoms with E-state index in [-0.39, 0.29) is 12.6 Å². The molecule has 0 saturated carbocycles. The minimum atomic E-state index is 0.0986. The summed E-state index contributed by atoms with van der Waals surface area (Å²) < 4.78 is 0. The molecule has 1 aromatic rings. The maximum atomic E-state index is 9.37. The maximum Gasteiger partial charge on any atom is 0.225 e. The van der Waals surface area contributed by atoms with Gasteiger partial charge in [0.05, 0.1) is 12.6 Å². The van der Waals surface area contributed by atoms with E-state index in [1.165, 1.54) is 0 Å². The maximum absolute atomic E-state index is 9.37. The highest BCUT2D eigenvalue weighted by Crippen LogP contribution is 2.15. The first-order valence-electron chi connectivity index (χ1n) is 5.55. The summed E-state index contributed by atoms with van der Waals surface area (Å²) >= 11 is 0. The van der Waals surface area contributed by atoms with Crippen molar-refractivity contribution in [2.45, 2.75) is 13.0 Å². The fraction of sp³-hybridized carbons (Fsp3) is 0.636. The summed E-state index contributed by atoms with van der Waals surface area (Å²) in [5, 5.41) is 9.37. The van der Waals surface area contributed by atoms with Crippen LogP contribution < -0.4 is 4.90 Å². The van der Waals surface area contributed by atoms with Gasteiger partial charge < -0.3 is 14.9 Å². The number of aromatic nitrogens is 2. The summed E-state index contributed by atoms with van der Waals surface area (Å²) in [7, 11) is 2.07. The van der Waals surface area contributed by atoms with Gasteiger partial charge in [0.15, 0.2) is 0 Å². The normalized spacial score (nSPS) is 22.4. The Morgan fingerprint density at radius 2 is 2.06 bits per heavy atom. The van der Waals surface area contributed by atoms with Crippen molar-refractivity contribution in [2.24, 2.45) is 0 Å². The third-order valence-corrected chi connectivity index (χ3v) is 2.92. The molecule has 1 saturated heterocycles. The van der Waals surface area contributed by atoms with E-state index in [1.807, 2.05) is 19.3 Å². The van der Waals surface area contributed by atoms with Crippen LogP contribution in [0.15, 0.2) is 12.4 Å². The number of aliphatic hydroxyl groups is 1. The highest BCUT2D eigenvalue weighted by molar-refractivity contribution is 5.32. The molecule has 5 heteroatoms. The average Bonchev–Trinajstić information content (AvgIpc) is 2.30. The molecule has 0 spiro atoms. The second-order valence-electron chi connectivity index (χ2n) is 4.35. The van der Waals surface area contributed by atoms with Gasteiger partial charge in [-0.3, -0.25) is 0 Å². The zero-order chi connectivity index (χ0) is 11.5. The first-order valence-corrected chi connectivity index (χ1v) is 5.55. The van der Waals surface area contributed by atoms with Crippen LogP contribution in [0.4, 0.5) is 5.95 Å². The first kappa shape index (κ1) is 11.3. The van der Waals surface area contributed by atoms with Crippen molar-refractivity contribution in [3.05, 3.63) is 18.0 Å². The Labute approximate surface area is 95.7 Å². The molecule has 0 radical (unpaired) electrons. The number of nitrogens with zero attached hydrogens (tertiary/aromatic N) is 4. The molecule has 16 heavy (non-hydrogen) atoms. The van der Waals surface area contributed by atoms with Crippen LogP contribution in [-0.4, -0.2) is 59.3 Å². The zero-order valence-electron chi connectivity index (χ0n) is 9.80. The van der Waals surface area contributed by atoms with Crippen molar-refractivity contribution in [2.75, 3.05) is 38.2 Å². The van der Waals surface area contributed by atoms with Crippen LogP contribution in [-0.2, 0) is 0 Å². The molecule has 1 aliphatic heterocycles. The van der Waals surface area contributed by atoms with Crippen molar-refractivity contribution < 1.29 is 5.11 Å². The molecule has 1 unspecified atom stereocenters. The predicted molar refractivity (Wildman–Crippen MR) is 62.5 cm³/mol. The number of piperazine rings is 1. The Kier molecular flexibility index (Phi) is 3.36. The van der Waals surface area contributed by atoms with Gasteiger partial charge in [-0.25, -0.2) is 9.97 Å². The monoisotopic (exact) mass is 222 g/mol. The van der Waals surface area contributed by atoms with E-state index in [0.717, 1.165) is 31.1 Å². The molecule has 0 aliphatic carbocycles. The number of aryl methyl sites for hydroxylation is 1. The number of hydrogen-bond donors (Lipinski definition) is 1. The molecule has 1 fully saturated rings. The third kappa shape index (κ3) is 2.31. The topological polar surface area (TPSA) is 52.5 Å². The molecule has 88 valence electrons. The number of hydrogen-bond acceptors (Lipinski definition) is 5. The number of anilines is 1. The Morgan fingerprint density at radius 1 is 1.38 bits per heavy atom. The smallest absolute Gasteiger partial charge is 0.225 e. The second kappa shape index (κ2) is 4.76. The van der Waals surface area contributed by atoms with Gasteiger partial charge in [0.1, 0.15) is 0 Å². The van der Waals surface area contributed by atoms with Gasteiger partial charge in [-0.2, -0.15) is 0 Å². The van der Waals surface area contributed by atoms with Gasteiger partial charge in [-0.15, -0.1) is 0 Å². The van der Waals surface area contributed by atoms with E-state index in [4.69, 9.17) is 0 Å². The summed E-state index contributed by atoms with van der Waals surface area (Å²) in [6.45, 7) is 4.81. The van der Waals surface area contributed by atoms with Crippen LogP contribution in [0, 0.1) is 6.92 Å². The molecule has 0 amide bonds. The van der Waals surface area contributed by atoms with Gasteiger partial charge in [-0.1, -0.05) is 0 Å². The Hall–Kier alpha value is -1.20. The Balaban J connectivity index is 2.15. The van der Waals surface area contributed by atoms with Gasteiger partial charge in [0.25, 0.3) is 0 Å². The highest BCUT2D eigenvalue weighted by atomic mass is 16.3. The molecule has 1 atom stereocenters. The SMILES string of the molecule is Cc1cnc(N2CCN(C)CC2CO)nc1. The third-order valence-electron chi connectivity index (χ3n) is 2.92. The number of rotatable bonds is 2. The number of likely N-dealkylation sites (N-methyl/N-ethyl adjacent to an activating group) is 1. The summed E-state index contributed by atoms with van der Waals surface area (Å²) in [5.74, 6) is 0.720. The molecule has 0 aromatic carbocycles. The molecule has 5 nitrogen and oxygen atoms in total. The Morgan fingerprint density at radius 3 is 2.69 bits per heavy atom. The summed E-state index contributed by atoms with van der Waals surface area (Å²) in [4.78, 5) is 12.9. The van der Waals surface area contributed by atoms with Crippen LogP contribution in [0.2, 0.25) is 0 Å². The summed E-state index contributed by atoms with van der Waals surface area (Å²) in [5.41, 5.74) is 1.05. The minimum absolute atomic E-state index is 0.0986. The molecule has 0 bridgehead atoms. The summed E-state index contributed by atoms with van der Waals surface area (Å²) in [6, 6.07) is 0.0986. The minimum Gasteiger partial charge on any atom is -0.394 e. The van der Waals surface area contributed by atoms with Crippen LogP contribution >= 0.6 is 0 Å². The molecular formula is C11H18N4O. The standard InChI is InChI=1S/C11H18N4O/c1-9-5-12-11(13-6-9)15-4-3-14(2)7-10(15)8-16/h5-6,10,16H,3-4,7-8H2,1-2H3. The lowest BCUT2D eigenvalue weighted by atomic mass is 10.2. The van der Waals surface area contributed by atoms with E-state index in [1.54, 1.807) is 0 Å². The lowest BCUT2D eigenvalue weighted by Gasteiger charge is -2.39.